The molecule has 0 bridgehead atoms. The summed E-state index contributed by atoms with van der Waals surface area (Å²) in [6.45, 7) is 12.8. The van der Waals surface area contributed by atoms with Crippen LogP contribution in [0.2, 0.25) is 0 Å². The molecule has 1 aliphatic rings. The van der Waals surface area contributed by atoms with Gasteiger partial charge in [-0.2, -0.15) is 0 Å². The van der Waals surface area contributed by atoms with Crippen LogP contribution in [0.15, 0.2) is 66.2 Å². The number of Topliss-reactive ketones (excluding diaryl/α,β-unsaturated/α-hetero) is 1. The molecular weight excluding hydrogens is 518 g/mol. The van der Waals surface area contributed by atoms with E-state index in [9.17, 15) is 14.7 Å². The molecule has 5 rings (SSSR count). The molecule has 1 unspecified atom stereocenters. The number of aromatic amines is 1. The van der Waals surface area contributed by atoms with E-state index in [2.05, 4.69) is 30.7 Å². The third-order valence-corrected chi connectivity index (χ3v) is 7.21. The molecule has 2 N–H and O–H groups in total. The highest BCUT2D eigenvalue weighted by Crippen LogP contribution is 2.43. The number of ketones is 1. The molecular formula is C33H35N3O5. The van der Waals surface area contributed by atoms with Gasteiger partial charge in [0, 0.05) is 6.07 Å². The minimum absolute atomic E-state index is 0.0414. The Morgan fingerprint density at radius 1 is 0.976 bits per heavy atom. The van der Waals surface area contributed by atoms with E-state index < -0.39 is 17.7 Å². The lowest BCUT2D eigenvalue weighted by atomic mass is 9.85. The Morgan fingerprint density at radius 3 is 2.34 bits per heavy atom. The van der Waals surface area contributed by atoms with E-state index >= 15 is 0 Å². The lowest BCUT2D eigenvalue weighted by molar-refractivity contribution is -0.132. The number of H-pyrrole nitrogens is 1. The number of benzene rings is 3. The van der Waals surface area contributed by atoms with Crippen molar-refractivity contribution < 1.29 is 24.2 Å². The van der Waals surface area contributed by atoms with Crippen molar-refractivity contribution in [2.24, 2.45) is 0 Å². The van der Waals surface area contributed by atoms with E-state index in [0.717, 1.165) is 16.6 Å². The summed E-state index contributed by atoms with van der Waals surface area (Å²) in [7, 11) is 0. The minimum atomic E-state index is -0.924. The number of imidazole rings is 1. The summed E-state index contributed by atoms with van der Waals surface area (Å²) in [5.41, 5.74) is 4.37. The second-order valence-corrected chi connectivity index (χ2v) is 11.1. The molecule has 0 aliphatic carbocycles. The number of rotatable bonds is 7. The van der Waals surface area contributed by atoms with Crippen molar-refractivity contribution in [3.63, 3.8) is 0 Å². The number of amides is 1. The van der Waals surface area contributed by atoms with Crippen LogP contribution >= 0.6 is 0 Å². The largest absolute Gasteiger partial charge is 0.507 e. The maximum Gasteiger partial charge on any atom is 0.302 e. The molecule has 1 amide bonds. The van der Waals surface area contributed by atoms with Crippen LogP contribution in [-0.2, 0) is 15.0 Å². The van der Waals surface area contributed by atoms with Crippen LogP contribution in [0.25, 0.3) is 16.8 Å². The van der Waals surface area contributed by atoms with Gasteiger partial charge in [-0.15, -0.1) is 0 Å². The molecule has 0 radical (unpaired) electrons. The molecule has 3 aromatic carbocycles. The quantitative estimate of drug-likeness (QED) is 0.152. The molecule has 0 spiro atoms. The van der Waals surface area contributed by atoms with E-state index in [1.807, 2.05) is 63.2 Å². The lowest BCUT2D eigenvalue weighted by Gasteiger charge is -2.25. The number of aryl methyl sites for hydroxylation is 1. The summed E-state index contributed by atoms with van der Waals surface area (Å²) >= 11 is 0. The van der Waals surface area contributed by atoms with Gasteiger partial charge in [0.05, 0.1) is 41.4 Å². The van der Waals surface area contributed by atoms with E-state index in [0.29, 0.717) is 41.4 Å². The maximum atomic E-state index is 13.7. The first-order valence-corrected chi connectivity index (χ1v) is 13.8. The number of aromatic nitrogens is 2. The van der Waals surface area contributed by atoms with E-state index in [1.165, 1.54) is 4.90 Å². The highest BCUT2D eigenvalue weighted by atomic mass is 16.5. The zero-order valence-corrected chi connectivity index (χ0v) is 24.2. The summed E-state index contributed by atoms with van der Waals surface area (Å²) < 4.78 is 11.4. The Morgan fingerprint density at radius 2 is 1.68 bits per heavy atom. The first-order valence-electron chi connectivity index (χ1n) is 13.8. The number of aliphatic hydroxyl groups is 1. The van der Waals surface area contributed by atoms with Crippen LogP contribution in [0.1, 0.15) is 62.9 Å². The number of carbonyl (C=O) groups is 2. The zero-order valence-electron chi connectivity index (χ0n) is 24.2. The van der Waals surface area contributed by atoms with E-state index in [1.54, 1.807) is 18.2 Å². The summed E-state index contributed by atoms with van der Waals surface area (Å²) in [6, 6.07) is 17.6. The molecule has 1 aliphatic heterocycles. The zero-order chi connectivity index (χ0) is 29.5. The number of nitrogens with zero attached hydrogens (tertiary/aromatic N) is 2. The molecule has 1 fully saturated rings. The summed E-state index contributed by atoms with van der Waals surface area (Å²) in [5, 5.41) is 11.7. The first kappa shape index (κ1) is 28.0. The Hall–Kier alpha value is -4.59. The Bertz CT molecular complexity index is 1660. The van der Waals surface area contributed by atoms with Crippen molar-refractivity contribution in [2.75, 3.05) is 18.1 Å². The predicted octanol–water partition coefficient (Wildman–Crippen LogP) is 6.59. The number of ether oxygens (including phenoxy) is 2. The second kappa shape index (κ2) is 10.8. The highest BCUT2D eigenvalue weighted by Gasteiger charge is 2.48. The topological polar surface area (TPSA) is 105 Å². The van der Waals surface area contributed by atoms with E-state index in [-0.39, 0.29) is 22.7 Å². The summed E-state index contributed by atoms with van der Waals surface area (Å²) in [6.07, 6.45) is 0. The number of hydrogen-bond acceptors (Lipinski definition) is 6. The average Bonchev–Trinajstić information content (AvgIpc) is 3.46. The van der Waals surface area contributed by atoms with Crippen LogP contribution in [0.5, 0.6) is 11.5 Å². The first-order chi connectivity index (χ1) is 19.5. The Balaban J connectivity index is 1.72. The highest BCUT2D eigenvalue weighted by molar-refractivity contribution is 6.51. The van der Waals surface area contributed by atoms with E-state index in [4.69, 9.17) is 9.47 Å². The van der Waals surface area contributed by atoms with Crippen molar-refractivity contribution in [3.8, 4) is 11.5 Å². The Labute approximate surface area is 239 Å². The average molecular weight is 554 g/mol. The van der Waals surface area contributed by atoms with Gasteiger partial charge in [0.2, 0.25) is 5.95 Å². The monoisotopic (exact) mass is 553 g/mol. The SMILES string of the molecule is CCOc1ccc(/C(O)=C2\C(=O)C(=O)N(c3nc4ccc(C)cc4[nH]3)C2c2ccc(C(C)(C)C)cc2)c(OCC)c1. The van der Waals surface area contributed by atoms with Gasteiger partial charge >= 0.3 is 5.91 Å². The molecule has 4 aromatic rings. The van der Waals surface area contributed by atoms with Crippen molar-refractivity contribution >= 4 is 34.4 Å². The fourth-order valence-corrected chi connectivity index (χ4v) is 5.13. The van der Waals surface area contributed by atoms with Crippen molar-refractivity contribution in [2.45, 2.75) is 53.0 Å². The molecule has 0 saturated carbocycles. The van der Waals surface area contributed by atoms with Crippen molar-refractivity contribution in [1.29, 1.82) is 0 Å². The van der Waals surface area contributed by atoms with Gasteiger partial charge < -0.3 is 19.6 Å². The number of fused-ring (bicyclic) bond motifs is 1. The second-order valence-electron chi connectivity index (χ2n) is 11.1. The normalized spacial score (nSPS) is 16.9. The summed E-state index contributed by atoms with van der Waals surface area (Å²) in [5.74, 6) is -0.762. The number of nitrogens with one attached hydrogen (secondary N) is 1. The number of carbonyl (C=O) groups excluding carboxylic acids is 2. The van der Waals surface area contributed by atoms with Crippen LogP contribution in [0.4, 0.5) is 5.95 Å². The minimum Gasteiger partial charge on any atom is -0.507 e. The molecule has 8 heteroatoms. The molecule has 41 heavy (non-hydrogen) atoms. The lowest BCUT2D eigenvalue weighted by Crippen LogP contribution is -2.30. The molecule has 1 aromatic heterocycles. The standard InChI is InChI=1S/C33H35N3O5/c1-7-40-22-14-15-23(26(18-22)41-8-2)29(37)27-28(20-10-12-21(13-11-20)33(4,5)6)36(31(39)30(27)38)32-34-24-16-9-19(3)17-25(24)35-32/h9-18,28,37H,7-8H2,1-6H3,(H,34,35)/b29-27+. The number of anilines is 1. The number of hydrogen-bond donors (Lipinski definition) is 2. The molecule has 8 nitrogen and oxygen atoms in total. The fraction of sp³-hybridized carbons (Fsp3) is 0.303. The molecule has 2 heterocycles. The van der Waals surface area contributed by atoms with Crippen LogP contribution in [0, 0.1) is 6.92 Å². The van der Waals surface area contributed by atoms with Gasteiger partial charge in [-0.1, -0.05) is 51.1 Å². The summed E-state index contributed by atoms with van der Waals surface area (Å²) in [4.78, 5) is 36.6. The maximum absolute atomic E-state index is 13.7. The third-order valence-electron chi connectivity index (χ3n) is 7.21. The van der Waals surface area contributed by atoms with Crippen LogP contribution in [-0.4, -0.2) is 40.0 Å². The van der Waals surface area contributed by atoms with Gasteiger partial charge in [0.1, 0.15) is 17.3 Å². The van der Waals surface area contributed by atoms with Crippen LogP contribution < -0.4 is 14.4 Å². The molecule has 212 valence electrons. The Kier molecular flexibility index (Phi) is 7.34. The van der Waals surface area contributed by atoms with Gasteiger partial charge in [-0.25, -0.2) is 4.98 Å². The molecule has 1 atom stereocenters. The van der Waals surface area contributed by atoms with Gasteiger partial charge in [0.15, 0.2) is 0 Å². The third kappa shape index (κ3) is 5.17. The van der Waals surface area contributed by atoms with Crippen molar-refractivity contribution in [1.82, 2.24) is 9.97 Å². The smallest absolute Gasteiger partial charge is 0.302 e. The fourth-order valence-electron chi connectivity index (χ4n) is 5.13. The number of aliphatic hydroxyl groups excluding tert-OH is 1. The van der Waals surface area contributed by atoms with Gasteiger partial charge in [-0.05, 0) is 67.1 Å². The van der Waals surface area contributed by atoms with Gasteiger partial charge in [0.25, 0.3) is 5.78 Å². The predicted molar refractivity (Wildman–Crippen MR) is 160 cm³/mol. The van der Waals surface area contributed by atoms with Crippen LogP contribution in [0.3, 0.4) is 0 Å². The van der Waals surface area contributed by atoms with Gasteiger partial charge in [-0.3, -0.25) is 14.5 Å². The molecule has 1 saturated heterocycles. The van der Waals surface area contributed by atoms with Crippen molar-refractivity contribution in [3.05, 3.63) is 88.5 Å².